The summed E-state index contributed by atoms with van der Waals surface area (Å²) in [6.45, 7) is 2.23. The fraction of sp³-hybridized carbons (Fsp3) is 0.455. The number of hydrogen-bond acceptors (Lipinski definition) is 2. The molecule has 1 aromatic carbocycles. The topological polar surface area (TPSA) is 12.0 Å². The van der Waals surface area contributed by atoms with Crippen LogP contribution in [0.15, 0.2) is 22.7 Å². The lowest BCUT2D eigenvalue weighted by atomic mass is 10.2. The Hall–Kier alpha value is 0.300. The first-order valence-corrected chi connectivity index (χ1v) is 7.21. The van der Waals surface area contributed by atoms with Crippen LogP contribution in [0.3, 0.4) is 0 Å². The van der Waals surface area contributed by atoms with Crippen LogP contribution in [0.4, 0.5) is 0 Å². The summed E-state index contributed by atoms with van der Waals surface area (Å²) >= 11 is 11.4. The van der Waals surface area contributed by atoms with Crippen molar-refractivity contribution < 1.29 is 0 Å². The predicted molar refractivity (Wildman–Crippen MR) is 71.6 cm³/mol. The molecule has 1 fully saturated rings. The Kier molecular flexibility index (Phi) is 3.99. The normalized spacial score (nSPS) is 26.6. The minimum atomic E-state index is 0.388. The van der Waals surface area contributed by atoms with E-state index in [0.29, 0.717) is 11.4 Å². The van der Waals surface area contributed by atoms with Crippen molar-refractivity contribution in [3.63, 3.8) is 0 Å². The molecule has 15 heavy (non-hydrogen) atoms. The highest BCUT2D eigenvalue weighted by Gasteiger charge is 2.20. The van der Waals surface area contributed by atoms with E-state index in [2.05, 4.69) is 34.2 Å². The van der Waals surface area contributed by atoms with Crippen molar-refractivity contribution in [1.82, 2.24) is 5.32 Å². The van der Waals surface area contributed by atoms with Crippen LogP contribution in [0.5, 0.6) is 0 Å². The Labute approximate surface area is 108 Å². The molecule has 0 aromatic heterocycles. The van der Waals surface area contributed by atoms with E-state index in [1.807, 2.05) is 23.9 Å². The molecule has 0 amide bonds. The number of hydrogen-bond donors (Lipinski definition) is 1. The minimum Gasteiger partial charge on any atom is -0.299 e. The van der Waals surface area contributed by atoms with Gasteiger partial charge < -0.3 is 0 Å². The third-order valence-corrected chi connectivity index (χ3v) is 4.96. The summed E-state index contributed by atoms with van der Waals surface area (Å²) in [6.07, 6.45) is 1.24. The van der Waals surface area contributed by atoms with E-state index in [1.54, 1.807) is 0 Å². The second kappa shape index (κ2) is 5.09. The first kappa shape index (κ1) is 11.8. The first-order valence-electron chi connectivity index (χ1n) is 4.99. The zero-order valence-corrected chi connectivity index (χ0v) is 11.6. The van der Waals surface area contributed by atoms with E-state index in [0.717, 1.165) is 9.50 Å². The molecule has 1 aliphatic rings. The van der Waals surface area contributed by atoms with Crippen LogP contribution < -0.4 is 5.32 Å². The highest BCUT2D eigenvalue weighted by Crippen LogP contribution is 2.34. The highest BCUT2D eigenvalue weighted by atomic mass is 79.9. The molecule has 1 aliphatic heterocycles. The van der Waals surface area contributed by atoms with Crippen LogP contribution >= 0.6 is 39.3 Å². The van der Waals surface area contributed by atoms with Gasteiger partial charge in [-0.2, -0.15) is 0 Å². The summed E-state index contributed by atoms with van der Waals surface area (Å²) < 4.78 is 0.960. The first-order chi connectivity index (χ1) is 7.16. The number of thioether (sulfide) groups is 1. The predicted octanol–water partition coefficient (Wildman–Crippen LogP) is 4.22. The number of benzene rings is 1. The second-order valence-electron chi connectivity index (χ2n) is 3.78. The fourth-order valence-corrected chi connectivity index (χ4v) is 3.45. The van der Waals surface area contributed by atoms with Gasteiger partial charge in [-0.15, -0.1) is 11.8 Å². The molecule has 0 spiro atoms. The molecule has 0 saturated carbocycles. The van der Waals surface area contributed by atoms with E-state index in [-0.39, 0.29) is 0 Å². The van der Waals surface area contributed by atoms with Crippen LogP contribution in [0.25, 0.3) is 0 Å². The van der Waals surface area contributed by atoms with Crippen LogP contribution in [-0.2, 0) is 0 Å². The van der Waals surface area contributed by atoms with Crippen LogP contribution in [-0.4, -0.2) is 11.8 Å². The van der Waals surface area contributed by atoms with Crippen molar-refractivity contribution in [3.05, 3.63) is 33.3 Å². The molecule has 2 rings (SSSR count). The zero-order chi connectivity index (χ0) is 10.8. The Balaban J connectivity index is 2.18. The molecule has 4 heteroatoms. The summed E-state index contributed by atoms with van der Waals surface area (Å²) in [5.41, 5.74) is 1.26. The maximum absolute atomic E-state index is 6.09. The Bertz CT molecular complexity index is 358. The molecule has 0 radical (unpaired) electrons. The van der Waals surface area contributed by atoms with E-state index >= 15 is 0 Å². The standard InChI is InChI=1S/C11H13BrClNS/c1-7-4-5-15-11(14-7)8-2-3-9(12)10(13)6-8/h2-3,6-7,11,14H,4-5H2,1H3. The van der Waals surface area contributed by atoms with Crippen molar-refractivity contribution in [1.29, 1.82) is 0 Å². The van der Waals surface area contributed by atoms with Gasteiger partial charge in [0.2, 0.25) is 0 Å². The molecule has 1 saturated heterocycles. The molecule has 1 aromatic rings. The maximum Gasteiger partial charge on any atom is 0.0791 e. The monoisotopic (exact) mass is 305 g/mol. The molecule has 2 atom stereocenters. The molecule has 82 valence electrons. The molecule has 0 aliphatic carbocycles. The maximum atomic E-state index is 6.09. The average Bonchev–Trinajstić information content (AvgIpc) is 2.22. The van der Waals surface area contributed by atoms with Crippen LogP contribution in [0.1, 0.15) is 24.3 Å². The van der Waals surface area contributed by atoms with Gasteiger partial charge >= 0.3 is 0 Å². The molecule has 1 nitrogen and oxygen atoms in total. The molecule has 1 N–H and O–H groups in total. The largest absolute Gasteiger partial charge is 0.299 e. The Morgan fingerprint density at radius 1 is 1.53 bits per heavy atom. The van der Waals surface area contributed by atoms with E-state index in [1.165, 1.54) is 17.7 Å². The van der Waals surface area contributed by atoms with E-state index in [4.69, 9.17) is 11.6 Å². The van der Waals surface area contributed by atoms with Gasteiger partial charge in [0.15, 0.2) is 0 Å². The Morgan fingerprint density at radius 2 is 2.33 bits per heavy atom. The summed E-state index contributed by atoms with van der Waals surface area (Å²) in [5.74, 6) is 1.21. The number of nitrogens with one attached hydrogen (secondary N) is 1. The lowest BCUT2D eigenvalue weighted by Gasteiger charge is -2.28. The van der Waals surface area contributed by atoms with Crippen LogP contribution in [0, 0.1) is 0 Å². The van der Waals surface area contributed by atoms with Crippen molar-refractivity contribution >= 4 is 39.3 Å². The number of halogens is 2. The Morgan fingerprint density at radius 3 is 3.00 bits per heavy atom. The zero-order valence-electron chi connectivity index (χ0n) is 8.47. The van der Waals surface area contributed by atoms with Crippen LogP contribution in [0.2, 0.25) is 5.02 Å². The summed E-state index contributed by atoms with van der Waals surface area (Å²) in [4.78, 5) is 0. The second-order valence-corrected chi connectivity index (χ2v) is 6.26. The fourth-order valence-electron chi connectivity index (χ4n) is 1.62. The molecule has 1 heterocycles. The summed E-state index contributed by atoms with van der Waals surface area (Å²) in [6, 6.07) is 6.77. The summed E-state index contributed by atoms with van der Waals surface area (Å²) in [5, 5.41) is 4.74. The van der Waals surface area contributed by atoms with Gasteiger partial charge in [0, 0.05) is 10.5 Å². The van der Waals surface area contributed by atoms with Gasteiger partial charge in [0.1, 0.15) is 0 Å². The highest BCUT2D eigenvalue weighted by molar-refractivity contribution is 9.10. The SMILES string of the molecule is CC1CCSC(c2ccc(Br)c(Cl)c2)N1. The van der Waals surface area contributed by atoms with Gasteiger partial charge in [-0.1, -0.05) is 17.7 Å². The van der Waals surface area contributed by atoms with Gasteiger partial charge in [-0.3, -0.25) is 5.32 Å². The number of rotatable bonds is 1. The lowest BCUT2D eigenvalue weighted by molar-refractivity contribution is 0.512. The lowest BCUT2D eigenvalue weighted by Crippen LogP contribution is -2.33. The average molecular weight is 307 g/mol. The van der Waals surface area contributed by atoms with Crippen molar-refractivity contribution in [2.45, 2.75) is 24.8 Å². The molecule has 0 bridgehead atoms. The minimum absolute atomic E-state index is 0.388. The van der Waals surface area contributed by atoms with Gasteiger partial charge in [0.25, 0.3) is 0 Å². The van der Waals surface area contributed by atoms with Gasteiger partial charge in [-0.25, -0.2) is 0 Å². The summed E-state index contributed by atoms with van der Waals surface area (Å²) in [7, 11) is 0. The van der Waals surface area contributed by atoms with E-state index < -0.39 is 0 Å². The molecular formula is C11H13BrClNS. The van der Waals surface area contributed by atoms with E-state index in [9.17, 15) is 0 Å². The van der Waals surface area contributed by atoms with Crippen molar-refractivity contribution in [2.75, 3.05) is 5.75 Å². The molecular weight excluding hydrogens is 294 g/mol. The third kappa shape index (κ3) is 2.90. The smallest absolute Gasteiger partial charge is 0.0791 e. The van der Waals surface area contributed by atoms with Crippen molar-refractivity contribution in [2.24, 2.45) is 0 Å². The molecule has 2 unspecified atom stereocenters. The van der Waals surface area contributed by atoms with Crippen molar-refractivity contribution in [3.8, 4) is 0 Å². The quantitative estimate of drug-likeness (QED) is 0.834. The third-order valence-electron chi connectivity index (χ3n) is 2.52. The van der Waals surface area contributed by atoms with Gasteiger partial charge in [-0.05, 0) is 52.7 Å². The van der Waals surface area contributed by atoms with Gasteiger partial charge in [0.05, 0.1) is 10.4 Å².